The number of nitrogens with two attached hydrogens (primary N) is 1. The smallest absolute Gasteiger partial charge is 0.335 e. The number of halogens is 1. The number of hydrogen-bond acceptors (Lipinski definition) is 19. The second kappa shape index (κ2) is 35.8. The van der Waals surface area contributed by atoms with Crippen LogP contribution in [0.2, 0.25) is 0 Å². The zero-order chi connectivity index (χ0) is 62.7. The lowest BCUT2D eigenvalue weighted by atomic mass is 10.1. The maximum absolute atomic E-state index is 13.0. The Hall–Kier alpha value is -10.8. The minimum Gasteiger partial charge on any atom is -0.497 e. The molecule has 6 aromatic carbocycles. The lowest BCUT2D eigenvalue weighted by Gasteiger charge is -2.23. The highest BCUT2D eigenvalue weighted by molar-refractivity contribution is 5.96. The van der Waals surface area contributed by atoms with Crippen LogP contribution in [0.4, 0.5) is 11.9 Å². The summed E-state index contributed by atoms with van der Waals surface area (Å²) in [6.45, 7) is 2.92. The molecular formula is C70H74ClN9O11. The van der Waals surface area contributed by atoms with Gasteiger partial charge in [0.05, 0.1) is 53.9 Å². The van der Waals surface area contributed by atoms with Crippen LogP contribution < -0.4 is 53.4 Å². The van der Waals surface area contributed by atoms with Gasteiger partial charge in [0, 0.05) is 87.3 Å². The third kappa shape index (κ3) is 21.5. The molecule has 0 amide bonds. The molecule has 3 N–H and O–H groups in total. The van der Waals surface area contributed by atoms with Crippen LogP contribution in [-0.4, -0.2) is 89.4 Å². The monoisotopic (exact) mass is 1250 g/mol. The SMILES string of the molecule is C.COc1ccc(CN(Cc2ccc(OC)cc2)c2nccc(CCC(=O)c3ccc(Oc4cc(OC)ccn4)cc3)n2)cc1.COc1ccc(CN(Cc2ccc(OC)cc2)c2nccc(CN)n2)cc1.COc1ccnc(Oc2ccc(C(=O)O)cc2)c1.Cl. The van der Waals surface area contributed by atoms with E-state index in [0.29, 0.717) is 97.8 Å². The van der Waals surface area contributed by atoms with Crippen molar-refractivity contribution in [1.29, 1.82) is 0 Å². The second-order valence-corrected chi connectivity index (χ2v) is 19.6. The number of carboxylic acid groups (broad SMARTS) is 1. The number of Topliss-reactive ketones (excluding diaryl/α,β-unsaturated/α-hetero) is 1. The summed E-state index contributed by atoms with van der Waals surface area (Å²) in [6.07, 6.45) is 7.47. The van der Waals surface area contributed by atoms with Crippen molar-refractivity contribution in [3.63, 3.8) is 0 Å². The number of hydrogen-bond donors (Lipinski definition) is 2. The normalized spacial score (nSPS) is 10.2. The minimum atomic E-state index is -0.971. The van der Waals surface area contributed by atoms with Crippen LogP contribution in [0.5, 0.6) is 57.8 Å². The van der Waals surface area contributed by atoms with E-state index in [4.69, 9.17) is 53.7 Å². The number of anilines is 2. The fraction of sp³-hybridized carbons (Fsp3) is 0.200. The Labute approximate surface area is 536 Å². The average Bonchev–Trinajstić information content (AvgIpc) is 2.03. The molecular weight excluding hydrogens is 1180 g/mol. The van der Waals surface area contributed by atoms with Crippen LogP contribution in [0, 0.1) is 0 Å². The summed E-state index contributed by atoms with van der Waals surface area (Å²) < 4.78 is 42.6. The molecule has 20 nitrogen and oxygen atoms in total. The van der Waals surface area contributed by atoms with E-state index in [1.54, 1.807) is 128 Å². The lowest BCUT2D eigenvalue weighted by Crippen LogP contribution is -2.24. The number of rotatable bonds is 26. The number of aryl methyl sites for hydroxylation is 1. The molecule has 0 spiro atoms. The van der Waals surface area contributed by atoms with Gasteiger partial charge in [-0.25, -0.2) is 34.7 Å². The zero-order valence-electron chi connectivity index (χ0n) is 50.7. The number of nitrogens with zero attached hydrogens (tertiary/aromatic N) is 8. The van der Waals surface area contributed by atoms with E-state index in [2.05, 4.69) is 34.7 Å². The number of ketones is 1. The highest BCUT2D eigenvalue weighted by atomic mass is 35.5. The highest BCUT2D eigenvalue weighted by Gasteiger charge is 2.17. The zero-order valence-corrected chi connectivity index (χ0v) is 51.5. The van der Waals surface area contributed by atoms with Gasteiger partial charge >= 0.3 is 5.97 Å². The summed E-state index contributed by atoms with van der Waals surface area (Å²) in [6, 6.07) is 55.5. The van der Waals surface area contributed by atoms with E-state index in [-0.39, 0.29) is 31.2 Å². The molecule has 10 rings (SSSR count). The number of aromatic carboxylic acids is 1. The fourth-order valence-corrected chi connectivity index (χ4v) is 8.68. The maximum Gasteiger partial charge on any atom is 0.335 e. The minimum absolute atomic E-state index is 0. The van der Waals surface area contributed by atoms with Gasteiger partial charge in [-0.05, 0) is 150 Å². The number of pyridine rings is 2. The summed E-state index contributed by atoms with van der Waals surface area (Å²) in [5.74, 6) is 6.75. The van der Waals surface area contributed by atoms with E-state index in [9.17, 15) is 9.59 Å². The lowest BCUT2D eigenvalue weighted by molar-refractivity contribution is 0.0696. The summed E-state index contributed by atoms with van der Waals surface area (Å²) in [7, 11) is 9.78. The van der Waals surface area contributed by atoms with Crippen molar-refractivity contribution >= 4 is 36.1 Å². The Bertz CT molecular complexity index is 3720. The third-order valence-corrected chi connectivity index (χ3v) is 13.5. The molecule has 0 fully saturated rings. The summed E-state index contributed by atoms with van der Waals surface area (Å²) in [5, 5.41) is 8.76. The Morgan fingerprint density at radius 2 is 0.725 bits per heavy atom. The number of carbonyl (C=O) groups excluding carboxylic acids is 1. The predicted octanol–water partition coefficient (Wildman–Crippen LogP) is 13.5. The molecule has 472 valence electrons. The van der Waals surface area contributed by atoms with Gasteiger partial charge in [0.1, 0.15) is 46.0 Å². The van der Waals surface area contributed by atoms with Crippen molar-refractivity contribution < 1.29 is 52.6 Å². The van der Waals surface area contributed by atoms with Gasteiger partial charge in [-0.2, -0.15) is 0 Å². The van der Waals surface area contributed by atoms with Crippen molar-refractivity contribution in [2.45, 2.75) is 53.0 Å². The summed E-state index contributed by atoms with van der Waals surface area (Å²) in [4.78, 5) is 54.7. The second-order valence-electron chi connectivity index (χ2n) is 19.6. The number of methoxy groups -OCH3 is 6. The molecule has 0 saturated carbocycles. The van der Waals surface area contributed by atoms with Crippen molar-refractivity contribution in [2.75, 3.05) is 52.5 Å². The van der Waals surface area contributed by atoms with Crippen LogP contribution in [-0.2, 0) is 39.1 Å². The van der Waals surface area contributed by atoms with Crippen molar-refractivity contribution in [2.24, 2.45) is 5.73 Å². The standard InChI is InChI=1S/C35H34N4O5.C21H24N4O2.C13H11NO4.CH4.ClH/c1-41-29-11-4-25(5-12-29)23-39(24-26-6-13-30(42-2)14-7-26)35-37-20-18-28(38-35)10-17-33(40)27-8-15-31(16-9-27)44-34-22-32(43-3)19-21-36-34;1-26-19-7-3-16(4-8-19)14-25(21-23-12-11-18(13-22)24-21)15-17-5-9-20(27-2)10-6-17;1-17-11-6-7-14-12(8-11)18-10-4-2-9(3-5-10)13(15)16;;/h4-9,11-16,18-22H,10,17,23-24H2,1-3H3;3-12H,13-15,22H2,1-2H3;2-8H,1H3,(H,15,16);1H4;1H. The van der Waals surface area contributed by atoms with E-state index in [1.165, 1.54) is 12.1 Å². The molecule has 0 atom stereocenters. The molecule has 0 aliphatic heterocycles. The van der Waals surface area contributed by atoms with E-state index >= 15 is 0 Å². The van der Waals surface area contributed by atoms with Crippen LogP contribution >= 0.6 is 12.4 Å². The molecule has 0 unspecified atom stereocenters. The molecule has 10 aromatic rings. The van der Waals surface area contributed by atoms with Gasteiger partial charge in [-0.15, -0.1) is 12.4 Å². The van der Waals surface area contributed by atoms with Gasteiger partial charge < -0.3 is 58.5 Å². The van der Waals surface area contributed by atoms with Crippen LogP contribution in [0.1, 0.15) is 68.2 Å². The van der Waals surface area contributed by atoms with Gasteiger partial charge in [0.15, 0.2) is 5.78 Å². The average molecular weight is 1250 g/mol. The third-order valence-electron chi connectivity index (χ3n) is 13.5. The summed E-state index contributed by atoms with van der Waals surface area (Å²) in [5.41, 5.74) is 12.7. The van der Waals surface area contributed by atoms with Gasteiger partial charge in [0.2, 0.25) is 23.7 Å². The van der Waals surface area contributed by atoms with E-state index in [1.807, 2.05) is 109 Å². The van der Waals surface area contributed by atoms with Crippen LogP contribution in [0.15, 0.2) is 207 Å². The predicted molar refractivity (Wildman–Crippen MR) is 352 cm³/mol. The van der Waals surface area contributed by atoms with Crippen molar-refractivity contribution in [3.8, 4) is 57.8 Å². The van der Waals surface area contributed by atoms with Gasteiger partial charge in [-0.1, -0.05) is 56.0 Å². The fourth-order valence-electron chi connectivity index (χ4n) is 8.68. The molecule has 4 heterocycles. The van der Waals surface area contributed by atoms with E-state index < -0.39 is 5.97 Å². The number of benzene rings is 6. The maximum atomic E-state index is 13.0. The molecule has 0 aliphatic carbocycles. The molecule has 21 heteroatoms. The number of carboxylic acids is 1. The first-order chi connectivity index (χ1) is 43.4. The first-order valence-electron chi connectivity index (χ1n) is 28.1. The number of carbonyl (C=O) groups is 2. The van der Waals surface area contributed by atoms with Gasteiger partial charge in [-0.3, -0.25) is 4.79 Å². The molecule has 0 radical (unpaired) electrons. The number of ether oxygens (including phenoxy) is 8. The van der Waals surface area contributed by atoms with Crippen LogP contribution in [0.3, 0.4) is 0 Å². The highest BCUT2D eigenvalue weighted by Crippen LogP contribution is 2.27. The quantitative estimate of drug-likeness (QED) is 0.0479. The molecule has 0 aliphatic rings. The van der Waals surface area contributed by atoms with Crippen molar-refractivity contribution in [3.05, 3.63) is 252 Å². The first kappa shape index (κ1) is 69.3. The summed E-state index contributed by atoms with van der Waals surface area (Å²) >= 11 is 0. The topological polar surface area (TPSA) is 238 Å². The molecule has 0 saturated heterocycles. The van der Waals surface area contributed by atoms with E-state index in [0.717, 1.165) is 56.6 Å². The number of aromatic nitrogens is 6. The van der Waals surface area contributed by atoms with Crippen molar-refractivity contribution in [1.82, 2.24) is 29.9 Å². The molecule has 0 bridgehead atoms. The Morgan fingerprint density at radius 3 is 1.07 bits per heavy atom. The van der Waals surface area contributed by atoms with Crippen LogP contribution in [0.25, 0.3) is 0 Å². The molecule has 4 aromatic heterocycles. The first-order valence-corrected chi connectivity index (χ1v) is 28.1. The Morgan fingerprint density at radius 1 is 0.407 bits per heavy atom. The Kier molecular flexibility index (Phi) is 27.3. The largest absolute Gasteiger partial charge is 0.497 e. The molecule has 91 heavy (non-hydrogen) atoms. The van der Waals surface area contributed by atoms with Gasteiger partial charge in [0.25, 0.3) is 0 Å². The Balaban J connectivity index is 0.000000238.